The molecular weight excluding hydrogens is 356 g/mol. The van der Waals surface area contributed by atoms with Crippen molar-refractivity contribution in [3.8, 4) is 11.3 Å². The van der Waals surface area contributed by atoms with Crippen molar-refractivity contribution in [1.29, 1.82) is 0 Å². The number of esters is 1. The molecule has 0 bridgehead atoms. The van der Waals surface area contributed by atoms with Gasteiger partial charge in [0, 0.05) is 10.6 Å². The van der Waals surface area contributed by atoms with Gasteiger partial charge < -0.3 is 13.6 Å². The Kier molecular flexibility index (Phi) is 5.44. The third-order valence-electron chi connectivity index (χ3n) is 3.87. The smallest absolute Gasteiger partial charge is 0.341 e. The van der Waals surface area contributed by atoms with E-state index in [0.29, 0.717) is 46.8 Å². The van der Waals surface area contributed by atoms with Gasteiger partial charge in [0.15, 0.2) is 5.76 Å². The summed E-state index contributed by atoms with van der Waals surface area (Å²) in [7, 11) is 3.26. The van der Waals surface area contributed by atoms with Crippen LogP contribution in [0.1, 0.15) is 27.8 Å². The number of oxazole rings is 1. The van der Waals surface area contributed by atoms with Crippen molar-refractivity contribution in [3.63, 3.8) is 0 Å². The number of carbonyl (C=O) groups excluding carboxylic acids is 1. The van der Waals surface area contributed by atoms with E-state index >= 15 is 0 Å². The van der Waals surface area contributed by atoms with Crippen molar-refractivity contribution in [1.82, 2.24) is 9.88 Å². The minimum absolute atomic E-state index is 0.404. The Bertz CT molecular complexity index is 916. The van der Waals surface area contributed by atoms with E-state index in [1.807, 2.05) is 36.2 Å². The molecule has 2 heterocycles. The van der Waals surface area contributed by atoms with Gasteiger partial charge in [0.05, 0.1) is 26.4 Å². The average Bonchev–Trinajstić information content (AvgIpc) is 3.21. The lowest BCUT2D eigenvalue weighted by atomic mass is 10.2. The fourth-order valence-corrected chi connectivity index (χ4v) is 2.84. The van der Waals surface area contributed by atoms with E-state index in [2.05, 4.69) is 4.98 Å². The Labute approximate surface area is 156 Å². The Morgan fingerprint density at radius 1 is 1.27 bits per heavy atom. The predicted molar refractivity (Wildman–Crippen MR) is 96.9 cm³/mol. The summed E-state index contributed by atoms with van der Waals surface area (Å²) >= 11 is 6.01. The molecule has 0 aliphatic carbocycles. The maximum Gasteiger partial charge on any atom is 0.341 e. The molecule has 0 fully saturated rings. The van der Waals surface area contributed by atoms with E-state index in [1.165, 1.54) is 7.11 Å². The van der Waals surface area contributed by atoms with E-state index in [4.69, 9.17) is 25.2 Å². The molecular formula is C19H19ClN2O4. The van der Waals surface area contributed by atoms with Crippen molar-refractivity contribution < 1.29 is 18.4 Å². The molecule has 0 saturated heterocycles. The number of aryl methyl sites for hydroxylation is 1. The average molecular weight is 375 g/mol. The number of carbonyl (C=O) groups is 1. The lowest BCUT2D eigenvalue weighted by Gasteiger charge is -2.12. The Morgan fingerprint density at radius 3 is 2.81 bits per heavy atom. The van der Waals surface area contributed by atoms with Crippen LogP contribution in [-0.2, 0) is 17.8 Å². The maximum atomic E-state index is 11.7. The highest BCUT2D eigenvalue weighted by Gasteiger charge is 2.17. The zero-order chi connectivity index (χ0) is 18.7. The molecule has 0 aliphatic rings. The second-order valence-corrected chi connectivity index (χ2v) is 6.41. The number of benzene rings is 1. The Hall–Kier alpha value is -2.57. The van der Waals surface area contributed by atoms with Crippen LogP contribution >= 0.6 is 11.6 Å². The summed E-state index contributed by atoms with van der Waals surface area (Å²) in [6, 6.07) is 9.12. The van der Waals surface area contributed by atoms with Crippen molar-refractivity contribution in [2.45, 2.75) is 20.0 Å². The van der Waals surface area contributed by atoms with Crippen molar-refractivity contribution in [3.05, 3.63) is 64.5 Å². The van der Waals surface area contributed by atoms with Gasteiger partial charge in [-0.3, -0.25) is 4.90 Å². The van der Waals surface area contributed by atoms with Crippen molar-refractivity contribution in [2.75, 3.05) is 14.2 Å². The molecule has 0 spiro atoms. The van der Waals surface area contributed by atoms with E-state index < -0.39 is 5.97 Å². The van der Waals surface area contributed by atoms with Crippen LogP contribution in [0.3, 0.4) is 0 Å². The summed E-state index contributed by atoms with van der Waals surface area (Å²) in [6.45, 7) is 2.74. The number of halogens is 1. The highest BCUT2D eigenvalue weighted by Crippen LogP contribution is 2.24. The number of hydrogen-bond donors (Lipinski definition) is 0. The first-order chi connectivity index (χ1) is 12.5. The zero-order valence-corrected chi connectivity index (χ0v) is 15.5. The van der Waals surface area contributed by atoms with Crippen molar-refractivity contribution in [2.24, 2.45) is 0 Å². The highest BCUT2D eigenvalue weighted by atomic mass is 35.5. The molecule has 7 heteroatoms. The van der Waals surface area contributed by atoms with Gasteiger partial charge in [-0.1, -0.05) is 23.7 Å². The number of rotatable bonds is 6. The van der Waals surface area contributed by atoms with Gasteiger partial charge in [0.1, 0.15) is 17.1 Å². The van der Waals surface area contributed by atoms with Crippen molar-refractivity contribution >= 4 is 17.6 Å². The third-order valence-corrected chi connectivity index (χ3v) is 4.10. The van der Waals surface area contributed by atoms with Crippen LogP contribution in [0.5, 0.6) is 0 Å². The number of aromatic nitrogens is 1. The molecule has 0 amide bonds. The molecule has 0 unspecified atom stereocenters. The first-order valence-electron chi connectivity index (χ1n) is 8.03. The number of ether oxygens (including phenoxy) is 1. The fourth-order valence-electron chi connectivity index (χ4n) is 2.65. The summed E-state index contributed by atoms with van der Waals surface area (Å²) in [5.41, 5.74) is 1.32. The minimum Gasteiger partial charge on any atom is -0.465 e. The molecule has 26 heavy (non-hydrogen) atoms. The molecule has 3 aromatic rings. The molecule has 3 rings (SSSR count). The molecule has 136 valence electrons. The molecule has 2 aromatic heterocycles. The van der Waals surface area contributed by atoms with Gasteiger partial charge in [-0.15, -0.1) is 0 Å². The highest BCUT2D eigenvalue weighted by molar-refractivity contribution is 6.30. The van der Waals surface area contributed by atoms with Crippen LogP contribution in [0.4, 0.5) is 0 Å². The zero-order valence-electron chi connectivity index (χ0n) is 14.8. The van der Waals surface area contributed by atoms with Crippen LogP contribution in [0.15, 0.2) is 45.4 Å². The van der Waals surface area contributed by atoms with E-state index in [9.17, 15) is 4.79 Å². The second kappa shape index (κ2) is 7.76. The predicted octanol–water partition coefficient (Wildman–Crippen LogP) is 4.32. The molecule has 0 aliphatic heterocycles. The SMILES string of the molecule is COC(=O)c1cc(CN(C)Cc2ncc(-c3cccc(Cl)c3)o2)oc1C. The molecule has 0 radical (unpaired) electrons. The lowest BCUT2D eigenvalue weighted by molar-refractivity contribution is 0.0599. The summed E-state index contributed by atoms with van der Waals surface area (Å²) in [5.74, 6) is 2.06. The first-order valence-corrected chi connectivity index (χ1v) is 8.41. The van der Waals surface area contributed by atoms with Gasteiger partial charge in [0.2, 0.25) is 5.89 Å². The quantitative estimate of drug-likeness (QED) is 0.599. The molecule has 0 atom stereocenters. The van der Waals surface area contributed by atoms with Gasteiger partial charge >= 0.3 is 5.97 Å². The maximum absolute atomic E-state index is 11.7. The first kappa shape index (κ1) is 18.2. The number of furan rings is 1. The van der Waals surface area contributed by atoms with Gasteiger partial charge in [0.25, 0.3) is 0 Å². The second-order valence-electron chi connectivity index (χ2n) is 5.98. The lowest BCUT2D eigenvalue weighted by Crippen LogP contribution is -2.17. The van der Waals surface area contributed by atoms with E-state index in [1.54, 1.807) is 19.2 Å². The van der Waals surface area contributed by atoms with Gasteiger partial charge in [-0.25, -0.2) is 9.78 Å². The van der Waals surface area contributed by atoms with Gasteiger partial charge in [-0.2, -0.15) is 0 Å². The normalized spacial score (nSPS) is 11.1. The molecule has 0 saturated carbocycles. The molecule has 6 nitrogen and oxygen atoms in total. The molecule has 0 N–H and O–H groups in total. The van der Waals surface area contributed by atoms with Crippen LogP contribution in [0, 0.1) is 6.92 Å². The van der Waals surface area contributed by atoms with Gasteiger partial charge in [-0.05, 0) is 32.2 Å². The standard InChI is InChI=1S/C19H19ClN2O4/c1-12-16(19(23)24-3)8-15(25-12)10-22(2)11-18-21-9-17(26-18)13-5-4-6-14(20)7-13/h4-9H,10-11H2,1-3H3. The number of methoxy groups -OCH3 is 1. The monoisotopic (exact) mass is 374 g/mol. The number of hydrogen-bond acceptors (Lipinski definition) is 6. The number of nitrogens with zero attached hydrogens (tertiary/aromatic N) is 2. The largest absolute Gasteiger partial charge is 0.465 e. The molecule has 1 aromatic carbocycles. The van der Waals surface area contributed by atoms with E-state index in [-0.39, 0.29) is 0 Å². The topological polar surface area (TPSA) is 68.7 Å². The van der Waals surface area contributed by atoms with Crippen LogP contribution < -0.4 is 0 Å². The summed E-state index contributed by atoms with van der Waals surface area (Å²) < 4.78 is 16.2. The summed E-state index contributed by atoms with van der Waals surface area (Å²) in [5, 5.41) is 0.646. The van der Waals surface area contributed by atoms with Crippen LogP contribution in [0.2, 0.25) is 5.02 Å². The van der Waals surface area contributed by atoms with E-state index in [0.717, 1.165) is 5.56 Å². The third kappa shape index (κ3) is 4.15. The summed E-state index contributed by atoms with van der Waals surface area (Å²) in [4.78, 5) is 17.9. The van der Waals surface area contributed by atoms with Crippen LogP contribution in [0.25, 0.3) is 11.3 Å². The minimum atomic E-state index is -0.404. The Balaban J connectivity index is 1.66. The Morgan fingerprint density at radius 2 is 2.08 bits per heavy atom. The van der Waals surface area contributed by atoms with Crippen LogP contribution in [-0.4, -0.2) is 30.0 Å². The summed E-state index contributed by atoms with van der Waals surface area (Å²) in [6.07, 6.45) is 1.68. The fraction of sp³-hybridized carbons (Fsp3) is 0.263.